The van der Waals surface area contributed by atoms with Gasteiger partial charge in [0.1, 0.15) is 0 Å². The van der Waals surface area contributed by atoms with E-state index < -0.39 is 0 Å². The van der Waals surface area contributed by atoms with E-state index in [9.17, 15) is 4.79 Å². The molecule has 1 aromatic carbocycles. The summed E-state index contributed by atoms with van der Waals surface area (Å²) in [5.41, 5.74) is 4.41. The third-order valence-electron chi connectivity index (χ3n) is 4.57. The molecule has 3 rings (SSSR count). The van der Waals surface area contributed by atoms with E-state index in [2.05, 4.69) is 42.8 Å². The van der Waals surface area contributed by atoms with Crippen molar-refractivity contribution in [2.24, 2.45) is 0 Å². The maximum atomic E-state index is 12.5. The number of Topliss-reactive ketones (excluding diaryl/α,β-unsaturated/α-hetero) is 1. The summed E-state index contributed by atoms with van der Waals surface area (Å²) >= 11 is 0. The van der Waals surface area contributed by atoms with Crippen LogP contribution in [0.4, 0.5) is 0 Å². The topological polar surface area (TPSA) is 34.0 Å². The summed E-state index contributed by atoms with van der Waals surface area (Å²) in [5, 5.41) is 3.34. The first-order valence-electron chi connectivity index (χ1n) is 8.08. The van der Waals surface area contributed by atoms with Crippen molar-refractivity contribution >= 4 is 5.78 Å². The average molecular weight is 296 g/mol. The van der Waals surface area contributed by atoms with Crippen LogP contribution in [0.5, 0.6) is 0 Å². The van der Waals surface area contributed by atoms with Gasteiger partial charge in [0.15, 0.2) is 5.78 Å². The molecule has 0 radical (unpaired) electrons. The zero-order chi connectivity index (χ0) is 15.7. The van der Waals surface area contributed by atoms with E-state index in [-0.39, 0.29) is 11.8 Å². The van der Waals surface area contributed by atoms with E-state index in [4.69, 9.17) is 0 Å². The van der Waals surface area contributed by atoms with Gasteiger partial charge in [-0.05, 0) is 45.2 Å². The number of nitrogens with zero attached hydrogens (tertiary/aromatic N) is 1. The molecule has 22 heavy (non-hydrogen) atoms. The molecule has 0 spiro atoms. The molecule has 1 aliphatic carbocycles. The quantitative estimate of drug-likeness (QED) is 0.818. The van der Waals surface area contributed by atoms with Crippen LogP contribution in [0, 0.1) is 13.8 Å². The molecule has 116 valence electrons. The fourth-order valence-corrected chi connectivity index (χ4v) is 3.15. The smallest absolute Gasteiger partial charge is 0.178 e. The lowest BCUT2D eigenvalue weighted by Gasteiger charge is -2.13. The highest BCUT2D eigenvalue weighted by Crippen LogP contribution is 2.38. The first-order chi connectivity index (χ1) is 10.6. The minimum atomic E-state index is 0.178. The van der Waals surface area contributed by atoms with Crippen LogP contribution in [-0.2, 0) is 0 Å². The van der Waals surface area contributed by atoms with E-state index >= 15 is 0 Å². The van der Waals surface area contributed by atoms with Crippen LogP contribution in [0.2, 0.25) is 0 Å². The number of hydrogen-bond donors (Lipinski definition) is 1. The normalized spacial score (nSPS) is 15.8. The fourth-order valence-electron chi connectivity index (χ4n) is 3.15. The number of hydrogen-bond acceptors (Lipinski definition) is 2. The number of ketones is 1. The van der Waals surface area contributed by atoms with Gasteiger partial charge in [-0.1, -0.05) is 30.3 Å². The Morgan fingerprint density at radius 1 is 1.27 bits per heavy atom. The zero-order valence-corrected chi connectivity index (χ0v) is 13.6. The van der Waals surface area contributed by atoms with Crippen molar-refractivity contribution < 1.29 is 4.79 Å². The van der Waals surface area contributed by atoms with E-state index in [0.717, 1.165) is 11.3 Å². The van der Waals surface area contributed by atoms with Crippen molar-refractivity contribution in [2.75, 3.05) is 6.54 Å². The highest BCUT2D eigenvalue weighted by atomic mass is 16.1. The second-order valence-electron chi connectivity index (χ2n) is 6.32. The van der Waals surface area contributed by atoms with Gasteiger partial charge in [-0.15, -0.1) is 0 Å². The number of rotatable bonds is 6. The predicted molar refractivity (Wildman–Crippen MR) is 89.4 cm³/mol. The molecule has 1 fully saturated rings. The van der Waals surface area contributed by atoms with Crippen molar-refractivity contribution in [2.45, 2.75) is 45.7 Å². The molecule has 1 atom stereocenters. The molecule has 1 unspecified atom stereocenters. The Hall–Kier alpha value is -1.87. The molecule has 0 amide bonds. The van der Waals surface area contributed by atoms with E-state index in [1.165, 1.54) is 24.1 Å². The van der Waals surface area contributed by atoms with Gasteiger partial charge in [0.25, 0.3) is 0 Å². The number of benzene rings is 1. The van der Waals surface area contributed by atoms with Gasteiger partial charge in [0, 0.05) is 29.0 Å². The molecule has 0 bridgehead atoms. The SMILES string of the molecule is Cc1cc(C(=O)CNC(C)c2ccccc2)c(C)n1C1CC1. The molecule has 0 saturated heterocycles. The summed E-state index contributed by atoms with van der Waals surface area (Å²) in [4.78, 5) is 12.5. The maximum absolute atomic E-state index is 12.5. The fraction of sp³-hybridized carbons (Fsp3) is 0.421. The van der Waals surface area contributed by atoms with Gasteiger partial charge >= 0.3 is 0 Å². The maximum Gasteiger partial charge on any atom is 0.178 e. The van der Waals surface area contributed by atoms with Crippen LogP contribution >= 0.6 is 0 Å². The van der Waals surface area contributed by atoms with Crippen LogP contribution < -0.4 is 5.32 Å². The molecule has 1 aromatic heterocycles. The Balaban J connectivity index is 1.66. The number of aryl methyl sites for hydroxylation is 1. The second-order valence-corrected chi connectivity index (χ2v) is 6.32. The predicted octanol–water partition coefficient (Wildman–Crippen LogP) is 3.97. The Labute approximate surface area is 132 Å². The van der Waals surface area contributed by atoms with Gasteiger partial charge in [-0.2, -0.15) is 0 Å². The summed E-state index contributed by atoms with van der Waals surface area (Å²) in [5.74, 6) is 0.183. The Bertz CT molecular complexity index is 668. The molecule has 0 aliphatic heterocycles. The monoisotopic (exact) mass is 296 g/mol. The van der Waals surface area contributed by atoms with Gasteiger partial charge in [0.2, 0.25) is 0 Å². The van der Waals surface area contributed by atoms with E-state index in [1.54, 1.807) is 0 Å². The third-order valence-corrected chi connectivity index (χ3v) is 4.57. The molecule has 2 aromatic rings. The van der Waals surface area contributed by atoms with Crippen molar-refractivity contribution in [3.63, 3.8) is 0 Å². The first kappa shape index (κ1) is 15.0. The highest BCUT2D eigenvalue weighted by molar-refractivity contribution is 5.99. The summed E-state index contributed by atoms with van der Waals surface area (Å²) in [6, 6.07) is 13.1. The van der Waals surface area contributed by atoms with Crippen molar-refractivity contribution in [3.05, 3.63) is 58.9 Å². The molecular formula is C19H24N2O. The Morgan fingerprint density at radius 3 is 2.59 bits per heavy atom. The summed E-state index contributed by atoms with van der Waals surface area (Å²) < 4.78 is 2.33. The molecule has 3 nitrogen and oxygen atoms in total. The molecular weight excluding hydrogens is 272 g/mol. The van der Waals surface area contributed by atoms with Gasteiger partial charge in [0.05, 0.1) is 6.54 Å². The summed E-state index contributed by atoms with van der Waals surface area (Å²) in [6.45, 7) is 6.64. The number of carbonyl (C=O) groups excluding carboxylic acids is 1. The Morgan fingerprint density at radius 2 is 1.95 bits per heavy atom. The van der Waals surface area contributed by atoms with Crippen molar-refractivity contribution in [3.8, 4) is 0 Å². The molecule has 1 heterocycles. The second kappa shape index (κ2) is 6.09. The van der Waals surface area contributed by atoms with Crippen LogP contribution in [0.3, 0.4) is 0 Å². The lowest BCUT2D eigenvalue weighted by Crippen LogP contribution is -2.26. The average Bonchev–Trinajstić information content (AvgIpc) is 3.31. The lowest BCUT2D eigenvalue weighted by atomic mass is 10.1. The van der Waals surface area contributed by atoms with Gasteiger partial charge in [-0.25, -0.2) is 0 Å². The first-order valence-corrected chi connectivity index (χ1v) is 8.08. The largest absolute Gasteiger partial charge is 0.345 e. The standard InChI is InChI=1S/C19H24N2O/c1-13-11-18(15(3)21(13)17-9-10-17)19(22)12-20-14(2)16-7-5-4-6-8-16/h4-8,11,14,17,20H,9-10,12H2,1-3H3. The number of nitrogens with one attached hydrogen (secondary N) is 1. The summed E-state index contributed by atoms with van der Waals surface area (Å²) in [7, 11) is 0. The highest BCUT2D eigenvalue weighted by Gasteiger charge is 2.28. The van der Waals surface area contributed by atoms with Crippen LogP contribution in [0.15, 0.2) is 36.4 Å². The molecule has 1 aliphatic rings. The lowest BCUT2D eigenvalue weighted by molar-refractivity contribution is 0.0987. The third kappa shape index (κ3) is 3.00. The minimum absolute atomic E-state index is 0.178. The Kier molecular flexibility index (Phi) is 4.16. The van der Waals surface area contributed by atoms with Crippen LogP contribution in [-0.4, -0.2) is 16.9 Å². The number of aromatic nitrogens is 1. The van der Waals surface area contributed by atoms with Crippen LogP contribution in [0.1, 0.15) is 59.2 Å². The van der Waals surface area contributed by atoms with Crippen molar-refractivity contribution in [1.82, 2.24) is 9.88 Å². The molecule has 3 heteroatoms. The van der Waals surface area contributed by atoms with Crippen LogP contribution in [0.25, 0.3) is 0 Å². The van der Waals surface area contributed by atoms with Gasteiger partial charge < -0.3 is 9.88 Å². The van der Waals surface area contributed by atoms with E-state index in [1.807, 2.05) is 24.3 Å². The van der Waals surface area contributed by atoms with Gasteiger partial charge in [-0.3, -0.25) is 4.79 Å². The molecule has 1 N–H and O–H groups in total. The zero-order valence-electron chi connectivity index (χ0n) is 13.6. The molecule has 1 saturated carbocycles. The van der Waals surface area contributed by atoms with E-state index in [0.29, 0.717) is 12.6 Å². The van der Waals surface area contributed by atoms with Crippen molar-refractivity contribution in [1.29, 1.82) is 0 Å². The number of carbonyl (C=O) groups is 1. The summed E-state index contributed by atoms with van der Waals surface area (Å²) in [6.07, 6.45) is 2.49. The minimum Gasteiger partial charge on any atom is -0.345 e.